The second-order valence-electron chi connectivity index (χ2n) is 3.72. The van der Waals surface area contributed by atoms with Crippen LogP contribution < -0.4 is 0 Å². The van der Waals surface area contributed by atoms with Crippen LogP contribution in [0.2, 0.25) is 0 Å². The number of hydrogen-bond acceptors (Lipinski definition) is 0. The molecule has 0 bridgehead atoms. The molecule has 0 aliphatic rings. The molecule has 0 aliphatic heterocycles. The summed E-state index contributed by atoms with van der Waals surface area (Å²) in [6, 6.07) is 18.4. The summed E-state index contributed by atoms with van der Waals surface area (Å²) in [7, 11) is 0. The van der Waals surface area contributed by atoms with Gasteiger partial charge in [-0.3, -0.25) is 0 Å². The molecule has 18 heavy (non-hydrogen) atoms. The zero-order chi connectivity index (χ0) is 13.8. The van der Waals surface area contributed by atoms with E-state index in [1.165, 1.54) is 16.7 Å². The van der Waals surface area contributed by atoms with E-state index in [4.69, 9.17) is 0 Å². The van der Waals surface area contributed by atoms with Gasteiger partial charge in [0.15, 0.2) is 0 Å². The van der Waals surface area contributed by atoms with Crippen molar-refractivity contribution in [2.75, 3.05) is 0 Å². The predicted molar refractivity (Wildman–Crippen MR) is 83.7 cm³/mol. The Hall–Kier alpha value is -2.08. The molecule has 0 heteroatoms. The molecule has 0 saturated carbocycles. The lowest BCUT2D eigenvalue weighted by molar-refractivity contribution is 1.45. The van der Waals surface area contributed by atoms with Gasteiger partial charge in [0, 0.05) is 0 Å². The van der Waals surface area contributed by atoms with Gasteiger partial charge in [-0.15, -0.1) is 13.2 Å². The molecule has 0 aromatic heterocycles. The molecular formula is C18H22. The maximum Gasteiger partial charge on any atom is -0.0233 e. The highest BCUT2D eigenvalue weighted by molar-refractivity contribution is 5.50. The van der Waals surface area contributed by atoms with E-state index >= 15 is 0 Å². The zero-order valence-corrected chi connectivity index (χ0v) is 11.4. The van der Waals surface area contributed by atoms with Gasteiger partial charge in [0.25, 0.3) is 0 Å². The molecule has 0 N–H and O–H groups in total. The smallest absolute Gasteiger partial charge is 0.0233 e. The molecule has 0 heterocycles. The average molecular weight is 238 g/mol. The third-order valence-electron chi connectivity index (χ3n) is 2.35. The molecule has 94 valence electrons. The van der Waals surface area contributed by atoms with Crippen molar-refractivity contribution in [1.29, 1.82) is 0 Å². The Bertz CT molecular complexity index is 441. The maximum absolute atomic E-state index is 3.69. The molecule has 0 radical (unpaired) electrons. The van der Waals surface area contributed by atoms with Gasteiger partial charge in [0.05, 0.1) is 0 Å². The molecule has 0 fully saturated rings. The normalized spacial score (nSPS) is 8.11. The van der Waals surface area contributed by atoms with Gasteiger partial charge in [-0.25, -0.2) is 0 Å². The van der Waals surface area contributed by atoms with E-state index in [1.54, 1.807) is 0 Å². The van der Waals surface area contributed by atoms with Crippen molar-refractivity contribution >= 4 is 6.08 Å². The third kappa shape index (κ3) is 6.49. The van der Waals surface area contributed by atoms with Crippen LogP contribution >= 0.6 is 0 Å². The van der Waals surface area contributed by atoms with Gasteiger partial charge in [-0.1, -0.05) is 72.8 Å². The van der Waals surface area contributed by atoms with E-state index in [1.807, 2.05) is 36.4 Å². The van der Waals surface area contributed by atoms with Crippen molar-refractivity contribution in [2.24, 2.45) is 0 Å². The molecule has 0 spiro atoms. The SMILES string of the molecule is C=C.C=Cc1ccccc1C.Cc1ccccc1. The van der Waals surface area contributed by atoms with Crippen molar-refractivity contribution in [3.63, 3.8) is 0 Å². The minimum atomic E-state index is 1.22. The summed E-state index contributed by atoms with van der Waals surface area (Å²) in [5, 5.41) is 0. The van der Waals surface area contributed by atoms with E-state index in [0.717, 1.165) is 0 Å². The summed E-state index contributed by atoms with van der Waals surface area (Å²) in [5.41, 5.74) is 3.83. The third-order valence-corrected chi connectivity index (χ3v) is 2.35. The lowest BCUT2D eigenvalue weighted by Gasteiger charge is -1.95. The van der Waals surface area contributed by atoms with Crippen LogP contribution in [0.15, 0.2) is 74.3 Å². The average Bonchev–Trinajstić information content (AvgIpc) is 2.43. The Morgan fingerprint density at radius 3 is 1.61 bits per heavy atom. The van der Waals surface area contributed by atoms with Crippen molar-refractivity contribution in [2.45, 2.75) is 13.8 Å². The molecule has 2 rings (SSSR count). The van der Waals surface area contributed by atoms with Crippen LogP contribution in [-0.4, -0.2) is 0 Å². The van der Waals surface area contributed by atoms with Crippen molar-refractivity contribution in [1.82, 2.24) is 0 Å². The molecule has 2 aromatic carbocycles. The van der Waals surface area contributed by atoms with Crippen molar-refractivity contribution < 1.29 is 0 Å². The van der Waals surface area contributed by atoms with E-state index in [2.05, 4.69) is 57.8 Å². The van der Waals surface area contributed by atoms with E-state index in [9.17, 15) is 0 Å². The quantitative estimate of drug-likeness (QED) is 0.581. The van der Waals surface area contributed by atoms with Crippen LogP contribution in [0.1, 0.15) is 16.7 Å². The molecule has 0 amide bonds. The summed E-state index contributed by atoms with van der Waals surface area (Å²) >= 11 is 0. The number of aryl methyl sites for hydroxylation is 2. The monoisotopic (exact) mass is 238 g/mol. The Labute approximate surface area is 111 Å². The second-order valence-corrected chi connectivity index (χ2v) is 3.72. The zero-order valence-electron chi connectivity index (χ0n) is 11.4. The lowest BCUT2D eigenvalue weighted by atomic mass is 10.1. The van der Waals surface area contributed by atoms with Crippen LogP contribution in [0, 0.1) is 13.8 Å². The van der Waals surface area contributed by atoms with E-state index < -0.39 is 0 Å². The van der Waals surface area contributed by atoms with Crippen LogP contribution in [-0.2, 0) is 0 Å². The summed E-state index contributed by atoms with van der Waals surface area (Å²) in [5.74, 6) is 0. The summed E-state index contributed by atoms with van der Waals surface area (Å²) in [4.78, 5) is 0. The number of benzene rings is 2. The Kier molecular flexibility index (Phi) is 8.93. The highest BCUT2D eigenvalue weighted by Gasteiger charge is 1.86. The van der Waals surface area contributed by atoms with Crippen LogP contribution in [0.5, 0.6) is 0 Å². The fraction of sp³-hybridized carbons (Fsp3) is 0.111. The fourth-order valence-corrected chi connectivity index (χ4v) is 1.35. The summed E-state index contributed by atoms with van der Waals surface area (Å²) in [6.45, 7) is 13.9. The molecule has 2 aromatic rings. The molecule has 0 saturated heterocycles. The molecule has 0 atom stereocenters. The Balaban J connectivity index is 0.000000289. The van der Waals surface area contributed by atoms with Gasteiger partial charge in [-0.05, 0) is 25.0 Å². The number of rotatable bonds is 1. The van der Waals surface area contributed by atoms with Gasteiger partial charge < -0.3 is 0 Å². The van der Waals surface area contributed by atoms with Crippen LogP contribution in [0.4, 0.5) is 0 Å². The lowest BCUT2D eigenvalue weighted by Crippen LogP contribution is -1.75. The largest absolute Gasteiger partial charge is 0.106 e. The highest BCUT2D eigenvalue weighted by atomic mass is 13.9. The first-order chi connectivity index (χ1) is 8.74. The molecular weight excluding hydrogens is 216 g/mol. The molecule has 0 nitrogen and oxygen atoms in total. The summed E-state index contributed by atoms with van der Waals surface area (Å²) in [6.07, 6.45) is 1.87. The van der Waals surface area contributed by atoms with Gasteiger partial charge in [0.2, 0.25) is 0 Å². The molecule has 0 unspecified atom stereocenters. The van der Waals surface area contributed by atoms with Gasteiger partial charge in [0.1, 0.15) is 0 Å². The first-order valence-corrected chi connectivity index (χ1v) is 5.93. The first kappa shape index (κ1) is 15.9. The highest BCUT2D eigenvalue weighted by Crippen LogP contribution is 2.06. The molecule has 0 aliphatic carbocycles. The van der Waals surface area contributed by atoms with Crippen molar-refractivity contribution in [3.8, 4) is 0 Å². The fourth-order valence-electron chi connectivity index (χ4n) is 1.35. The van der Waals surface area contributed by atoms with Crippen molar-refractivity contribution in [3.05, 3.63) is 91.0 Å². The number of hydrogen-bond donors (Lipinski definition) is 0. The summed E-state index contributed by atoms with van der Waals surface area (Å²) < 4.78 is 0. The van der Waals surface area contributed by atoms with Gasteiger partial charge in [-0.2, -0.15) is 0 Å². The van der Waals surface area contributed by atoms with Gasteiger partial charge >= 0.3 is 0 Å². The van der Waals surface area contributed by atoms with E-state index in [0.29, 0.717) is 0 Å². The predicted octanol–water partition coefficient (Wildman–Crippen LogP) is 5.44. The van der Waals surface area contributed by atoms with Crippen LogP contribution in [0.25, 0.3) is 6.08 Å². The topological polar surface area (TPSA) is 0 Å². The first-order valence-electron chi connectivity index (χ1n) is 5.93. The standard InChI is InChI=1S/C9H10.C7H8.C2H4/c1-3-9-7-5-4-6-8(9)2;1-7-5-3-2-4-6-7;1-2/h3-7H,1H2,2H3;2-6H,1H3;1-2H2. The Morgan fingerprint density at radius 1 is 0.778 bits per heavy atom. The maximum atomic E-state index is 3.69. The second kappa shape index (κ2) is 10.1. The Morgan fingerprint density at radius 2 is 1.28 bits per heavy atom. The minimum absolute atomic E-state index is 1.22. The minimum Gasteiger partial charge on any atom is -0.106 e. The van der Waals surface area contributed by atoms with Crippen LogP contribution in [0.3, 0.4) is 0 Å². The van der Waals surface area contributed by atoms with E-state index in [-0.39, 0.29) is 0 Å².